The lowest BCUT2D eigenvalue weighted by molar-refractivity contribution is 0.408. The Labute approximate surface area is 130 Å². The second-order valence-corrected chi connectivity index (χ2v) is 9.00. The Morgan fingerprint density at radius 1 is 1.25 bits per heavy atom. The number of nitrogens with one attached hydrogen (secondary N) is 1. The molecule has 4 heteroatoms. The molecule has 1 aromatic carbocycles. The Balaban J connectivity index is 2.07. The molecule has 2 nitrogen and oxygen atoms in total. The number of benzene rings is 1. The summed E-state index contributed by atoms with van der Waals surface area (Å²) in [5.41, 5.74) is 1.28. The van der Waals surface area contributed by atoms with Gasteiger partial charge in [-0.15, -0.1) is 11.3 Å². The molecule has 0 aliphatic carbocycles. The summed E-state index contributed by atoms with van der Waals surface area (Å²) in [7, 11) is 0. The number of hydrogen-bond acceptors (Lipinski definition) is 4. The van der Waals surface area contributed by atoms with Gasteiger partial charge in [0.25, 0.3) is 0 Å². The van der Waals surface area contributed by atoms with Gasteiger partial charge >= 0.3 is 0 Å². The number of para-hydroxylation sites is 1. The predicted molar refractivity (Wildman–Crippen MR) is 91.9 cm³/mol. The number of nitrogens with zero attached hydrogens (tertiary/aromatic N) is 1. The van der Waals surface area contributed by atoms with Gasteiger partial charge < -0.3 is 5.32 Å². The fourth-order valence-electron chi connectivity index (χ4n) is 1.85. The van der Waals surface area contributed by atoms with Gasteiger partial charge in [-0.25, -0.2) is 4.98 Å². The molecule has 1 atom stereocenters. The van der Waals surface area contributed by atoms with E-state index in [1.165, 1.54) is 9.04 Å². The van der Waals surface area contributed by atoms with Crippen molar-refractivity contribution >= 4 is 33.3 Å². The zero-order chi connectivity index (χ0) is 14.8. The third-order valence-electron chi connectivity index (χ3n) is 3.10. The lowest BCUT2D eigenvalue weighted by Gasteiger charge is -2.26. The maximum absolute atomic E-state index is 4.73. The van der Waals surface area contributed by atoms with Crippen molar-refractivity contribution in [2.75, 3.05) is 6.54 Å². The van der Waals surface area contributed by atoms with Crippen molar-refractivity contribution in [1.82, 2.24) is 10.3 Å². The zero-order valence-corrected chi connectivity index (χ0v) is 14.6. The van der Waals surface area contributed by atoms with Crippen molar-refractivity contribution < 1.29 is 0 Å². The molecule has 1 N–H and O–H groups in total. The van der Waals surface area contributed by atoms with Crippen molar-refractivity contribution in [3.63, 3.8) is 0 Å². The van der Waals surface area contributed by atoms with Gasteiger partial charge in [-0.05, 0) is 38.8 Å². The molecule has 0 saturated heterocycles. The molecule has 0 spiro atoms. The maximum atomic E-state index is 4.73. The summed E-state index contributed by atoms with van der Waals surface area (Å²) < 4.78 is 2.46. The summed E-state index contributed by atoms with van der Waals surface area (Å²) in [6, 6.07) is 8.37. The molecule has 1 heterocycles. The van der Waals surface area contributed by atoms with Crippen LogP contribution in [0.15, 0.2) is 28.6 Å². The first kappa shape index (κ1) is 15.8. The van der Waals surface area contributed by atoms with E-state index in [0.717, 1.165) is 12.1 Å². The molecule has 0 amide bonds. The highest BCUT2D eigenvalue weighted by Gasteiger charge is 2.20. The second-order valence-electron chi connectivity index (χ2n) is 6.48. The van der Waals surface area contributed by atoms with Crippen LogP contribution in [0.25, 0.3) is 10.2 Å². The predicted octanol–water partition coefficient (Wildman–Crippen LogP) is 4.80. The number of aromatic nitrogens is 1. The highest BCUT2D eigenvalue weighted by molar-refractivity contribution is 8.01. The minimum absolute atomic E-state index is 0.168. The van der Waals surface area contributed by atoms with Crippen molar-refractivity contribution in [2.45, 2.75) is 49.7 Å². The summed E-state index contributed by atoms with van der Waals surface area (Å²) in [5, 5.41) is 4.16. The third kappa shape index (κ3) is 4.47. The minimum atomic E-state index is 0.168. The molecule has 0 aliphatic rings. The Hall–Kier alpha value is -0.580. The van der Waals surface area contributed by atoms with E-state index in [9.17, 15) is 0 Å². The Morgan fingerprint density at radius 2 is 1.95 bits per heavy atom. The molecular formula is C16H24N2S2. The van der Waals surface area contributed by atoms with Crippen LogP contribution in [0.1, 0.15) is 34.6 Å². The first-order valence-corrected chi connectivity index (χ1v) is 8.82. The van der Waals surface area contributed by atoms with Crippen LogP contribution >= 0.6 is 23.1 Å². The van der Waals surface area contributed by atoms with Crippen LogP contribution in [0.4, 0.5) is 0 Å². The first-order chi connectivity index (χ1) is 9.35. The SMILES string of the molecule is CC(C)C(CNC(C)(C)C)Sc1nc2ccccc2s1. The number of thioether (sulfide) groups is 1. The summed E-state index contributed by atoms with van der Waals surface area (Å²) in [6.45, 7) is 12.2. The molecule has 110 valence electrons. The topological polar surface area (TPSA) is 24.9 Å². The van der Waals surface area contributed by atoms with Gasteiger partial charge in [0.15, 0.2) is 4.34 Å². The highest BCUT2D eigenvalue weighted by atomic mass is 32.2. The van der Waals surface area contributed by atoms with Gasteiger partial charge in [-0.3, -0.25) is 0 Å². The zero-order valence-electron chi connectivity index (χ0n) is 12.9. The molecule has 0 fully saturated rings. The minimum Gasteiger partial charge on any atom is -0.311 e. The molecule has 0 aliphatic heterocycles. The number of thiazole rings is 1. The van der Waals surface area contributed by atoms with Crippen LogP contribution in [0.2, 0.25) is 0 Å². The molecule has 20 heavy (non-hydrogen) atoms. The molecular weight excluding hydrogens is 284 g/mol. The smallest absolute Gasteiger partial charge is 0.151 e. The van der Waals surface area contributed by atoms with Gasteiger partial charge in [0, 0.05) is 17.3 Å². The Kier molecular flexibility index (Phi) is 5.10. The largest absolute Gasteiger partial charge is 0.311 e. The summed E-state index contributed by atoms with van der Waals surface area (Å²) in [6.07, 6.45) is 0. The van der Waals surface area contributed by atoms with Gasteiger partial charge in [0.1, 0.15) is 0 Å². The van der Waals surface area contributed by atoms with Gasteiger partial charge in [-0.1, -0.05) is 37.7 Å². The van der Waals surface area contributed by atoms with E-state index in [4.69, 9.17) is 4.98 Å². The van der Waals surface area contributed by atoms with Gasteiger partial charge in [-0.2, -0.15) is 0 Å². The normalized spacial score (nSPS) is 14.1. The van der Waals surface area contributed by atoms with E-state index in [2.05, 4.69) is 64.2 Å². The Morgan fingerprint density at radius 3 is 2.55 bits per heavy atom. The maximum Gasteiger partial charge on any atom is 0.151 e. The third-order valence-corrected chi connectivity index (χ3v) is 5.78. The van der Waals surface area contributed by atoms with Crippen LogP contribution in [0, 0.1) is 5.92 Å². The van der Waals surface area contributed by atoms with E-state index in [1.807, 2.05) is 11.8 Å². The van der Waals surface area contributed by atoms with Crippen LogP contribution in [0.3, 0.4) is 0 Å². The molecule has 0 saturated carbocycles. The van der Waals surface area contributed by atoms with Crippen LogP contribution in [0.5, 0.6) is 0 Å². The average Bonchev–Trinajstić information content (AvgIpc) is 2.75. The van der Waals surface area contributed by atoms with Crippen LogP contribution in [-0.2, 0) is 0 Å². The van der Waals surface area contributed by atoms with Crippen LogP contribution < -0.4 is 5.32 Å². The van der Waals surface area contributed by atoms with E-state index in [0.29, 0.717) is 11.2 Å². The molecule has 0 bridgehead atoms. The monoisotopic (exact) mass is 308 g/mol. The van der Waals surface area contributed by atoms with E-state index in [1.54, 1.807) is 11.3 Å². The number of fused-ring (bicyclic) bond motifs is 1. The second kappa shape index (κ2) is 6.46. The van der Waals surface area contributed by atoms with Crippen molar-refractivity contribution in [3.05, 3.63) is 24.3 Å². The van der Waals surface area contributed by atoms with Gasteiger partial charge in [0.05, 0.1) is 10.2 Å². The Bertz CT molecular complexity index is 522. The molecule has 1 aromatic heterocycles. The summed E-state index contributed by atoms with van der Waals surface area (Å²) in [4.78, 5) is 4.73. The highest BCUT2D eigenvalue weighted by Crippen LogP contribution is 2.34. The van der Waals surface area contributed by atoms with Crippen molar-refractivity contribution in [3.8, 4) is 0 Å². The lowest BCUT2D eigenvalue weighted by atomic mass is 10.1. The van der Waals surface area contributed by atoms with Crippen LogP contribution in [-0.4, -0.2) is 22.3 Å². The van der Waals surface area contributed by atoms with E-state index >= 15 is 0 Å². The van der Waals surface area contributed by atoms with E-state index in [-0.39, 0.29) is 5.54 Å². The number of rotatable bonds is 5. The quantitative estimate of drug-likeness (QED) is 0.803. The number of hydrogen-bond donors (Lipinski definition) is 1. The fourth-order valence-corrected chi connectivity index (χ4v) is 4.23. The van der Waals surface area contributed by atoms with E-state index < -0.39 is 0 Å². The molecule has 1 unspecified atom stereocenters. The first-order valence-electron chi connectivity index (χ1n) is 7.12. The molecule has 2 rings (SSSR count). The summed E-state index contributed by atoms with van der Waals surface area (Å²) in [5.74, 6) is 0.627. The average molecular weight is 309 g/mol. The molecule has 0 radical (unpaired) electrons. The fraction of sp³-hybridized carbons (Fsp3) is 0.562. The standard InChI is InChI=1S/C16H24N2S2/c1-11(2)14(10-17-16(3,4)5)20-15-18-12-8-6-7-9-13(12)19-15/h6-9,11,14,17H,10H2,1-5H3. The van der Waals surface area contributed by atoms with Crippen molar-refractivity contribution in [1.29, 1.82) is 0 Å². The lowest BCUT2D eigenvalue weighted by Crippen LogP contribution is -2.41. The summed E-state index contributed by atoms with van der Waals surface area (Å²) >= 11 is 3.71. The molecule has 2 aromatic rings. The van der Waals surface area contributed by atoms with Crippen molar-refractivity contribution in [2.24, 2.45) is 5.92 Å². The van der Waals surface area contributed by atoms with Gasteiger partial charge in [0.2, 0.25) is 0 Å².